The molecular formula is C24H23F2N3O4. The van der Waals surface area contributed by atoms with Crippen LogP contribution in [0.5, 0.6) is 5.75 Å². The van der Waals surface area contributed by atoms with Gasteiger partial charge in [0.05, 0.1) is 5.54 Å². The number of hydrogen-bond donors (Lipinski definition) is 2. The van der Waals surface area contributed by atoms with Crippen molar-refractivity contribution in [1.29, 1.82) is 0 Å². The Balaban J connectivity index is 1.58. The van der Waals surface area contributed by atoms with Gasteiger partial charge in [-0.3, -0.25) is 14.4 Å². The van der Waals surface area contributed by atoms with Gasteiger partial charge in [-0.05, 0) is 50.8 Å². The highest BCUT2D eigenvalue weighted by molar-refractivity contribution is 6.00. The fourth-order valence-corrected chi connectivity index (χ4v) is 5.37. The molecule has 7 nitrogen and oxygen atoms in total. The van der Waals surface area contributed by atoms with E-state index in [9.17, 15) is 28.3 Å². The van der Waals surface area contributed by atoms with Gasteiger partial charge in [0.2, 0.25) is 5.43 Å². The maximum Gasteiger partial charge on any atom is 0.275 e. The van der Waals surface area contributed by atoms with Crippen molar-refractivity contribution in [2.24, 2.45) is 0 Å². The van der Waals surface area contributed by atoms with Crippen molar-refractivity contribution in [3.8, 4) is 5.75 Å². The number of amides is 2. The lowest BCUT2D eigenvalue weighted by atomic mass is 9.90. The van der Waals surface area contributed by atoms with E-state index in [4.69, 9.17) is 0 Å². The number of hydrogen-bond acceptors (Lipinski definition) is 4. The molecule has 0 radical (unpaired) electrons. The van der Waals surface area contributed by atoms with Crippen LogP contribution in [-0.4, -0.2) is 39.0 Å². The molecule has 2 N–H and O–H groups in total. The Bertz CT molecular complexity index is 1290. The number of fused-ring (bicyclic) bond motifs is 1. The molecule has 2 atom stereocenters. The molecule has 3 aliphatic rings. The summed E-state index contributed by atoms with van der Waals surface area (Å²) in [7, 11) is 0. The first-order valence-corrected chi connectivity index (χ1v) is 10.9. The maximum absolute atomic E-state index is 14.2. The first-order valence-electron chi connectivity index (χ1n) is 10.9. The van der Waals surface area contributed by atoms with Crippen molar-refractivity contribution >= 4 is 11.8 Å². The van der Waals surface area contributed by atoms with Gasteiger partial charge in [-0.1, -0.05) is 12.2 Å². The van der Waals surface area contributed by atoms with E-state index in [2.05, 4.69) is 5.32 Å². The summed E-state index contributed by atoms with van der Waals surface area (Å²) < 4.78 is 30.0. The standard InChI is InChI=1S/C24H23F2N3O4/c1-12-8-15(25)14(16(26)9-12)10-27-22(32)18-17-5-7-24-6-3-4-13(2)28(11-24)23(33)19(29(17)24)21(31)20(18)30/h3-4,8-9,13,31H,5-7,10-11H2,1-2H3,(H,27,32)/t13-,24+/m0/s1. The summed E-state index contributed by atoms with van der Waals surface area (Å²) in [6, 6.07) is 2.13. The van der Waals surface area contributed by atoms with E-state index < -0.39 is 46.7 Å². The number of aryl methyl sites for hydroxylation is 1. The van der Waals surface area contributed by atoms with Crippen molar-refractivity contribution in [3.63, 3.8) is 0 Å². The number of nitrogens with one attached hydrogen (secondary N) is 1. The normalized spacial score (nSPS) is 22.8. The number of halogens is 2. The number of aromatic nitrogens is 1. The van der Waals surface area contributed by atoms with Gasteiger partial charge in [0.25, 0.3) is 11.8 Å². The molecule has 0 saturated carbocycles. The second-order valence-corrected chi connectivity index (χ2v) is 9.10. The van der Waals surface area contributed by atoms with Gasteiger partial charge >= 0.3 is 0 Å². The SMILES string of the molecule is Cc1cc(F)c(CNC(=O)c2c3n4c(c(O)c2=O)C(=O)N2C[C@@]4(CC=C[C@@H]2C)CC3)c(F)c1. The highest BCUT2D eigenvalue weighted by Gasteiger charge is 2.51. The Kier molecular flexibility index (Phi) is 4.70. The lowest BCUT2D eigenvalue weighted by Gasteiger charge is -2.43. The van der Waals surface area contributed by atoms with Gasteiger partial charge in [0, 0.05) is 30.4 Å². The molecule has 0 unspecified atom stereocenters. The molecule has 0 aliphatic carbocycles. The Labute approximate surface area is 188 Å². The maximum atomic E-state index is 14.2. The molecule has 2 aromatic rings. The Morgan fingerprint density at radius 2 is 1.97 bits per heavy atom. The van der Waals surface area contributed by atoms with Crippen LogP contribution in [0.1, 0.15) is 57.4 Å². The average Bonchev–Trinajstić information content (AvgIpc) is 3.02. The van der Waals surface area contributed by atoms with Gasteiger partial charge in [-0.2, -0.15) is 0 Å². The minimum atomic E-state index is -0.954. The molecule has 3 aliphatic heterocycles. The summed E-state index contributed by atoms with van der Waals surface area (Å²) >= 11 is 0. The van der Waals surface area contributed by atoms with E-state index in [1.807, 2.05) is 19.1 Å². The number of allylic oxidation sites excluding steroid dienone is 1. The summed E-state index contributed by atoms with van der Waals surface area (Å²) in [5, 5.41) is 13.2. The summed E-state index contributed by atoms with van der Waals surface area (Å²) in [4.78, 5) is 40.9. The number of carbonyl (C=O) groups excluding carboxylic acids is 2. The molecule has 5 rings (SSSR count). The van der Waals surface area contributed by atoms with E-state index in [0.29, 0.717) is 37.1 Å². The number of pyridine rings is 1. The van der Waals surface area contributed by atoms with Crippen LogP contribution in [0.3, 0.4) is 0 Å². The van der Waals surface area contributed by atoms with E-state index in [0.717, 1.165) is 12.1 Å². The van der Waals surface area contributed by atoms with Crippen molar-refractivity contribution in [2.45, 2.75) is 51.2 Å². The Morgan fingerprint density at radius 1 is 1.27 bits per heavy atom. The number of aromatic hydroxyl groups is 1. The second kappa shape index (κ2) is 7.26. The van der Waals surface area contributed by atoms with Crippen LogP contribution >= 0.6 is 0 Å². The predicted molar refractivity (Wildman–Crippen MR) is 115 cm³/mol. The summed E-state index contributed by atoms with van der Waals surface area (Å²) in [5.74, 6) is -3.67. The molecule has 4 heterocycles. The lowest BCUT2D eigenvalue weighted by Crippen LogP contribution is -2.54. The molecule has 1 spiro atoms. The van der Waals surface area contributed by atoms with Gasteiger partial charge in [-0.25, -0.2) is 8.78 Å². The fraction of sp³-hybridized carbons (Fsp3) is 0.375. The summed E-state index contributed by atoms with van der Waals surface area (Å²) in [6.45, 7) is 3.37. The molecule has 0 fully saturated rings. The molecule has 2 amide bonds. The smallest absolute Gasteiger partial charge is 0.275 e. The highest BCUT2D eigenvalue weighted by atomic mass is 19.1. The van der Waals surface area contributed by atoms with Gasteiger partial charge in [0.1, 0.15) is 17.2 Å². The number of nitrogens with zero attached hydrogens (tertiary/aromatic N) is 2. The van der Waals surface area contributed by atoms with Crippen molar-refractivity contribution in [1.82, 2.24) is 14.8 Å². The number of benzene rings is 1. The molecule has 1 aromatic heterocycles. The van der Waals surface area contributed by atoms with Gasteiger partial charge in [0.15, 0.2) is 11.4 Å². The van der Waals surface area contributed by atoms with Crippen LogP contribution in [-0.2, 0) is 18.5 Å². The molecule has 0 saturated heterocycles. The minimum absolute atomic E-state index is 0.0959. The Morgan fingerprint density at radius 3 is 2.67 bits per heavy atom. The van der Waals surface area contributed by atoms with E-state index in [1.54, 1.807) is 16.4 Å². The van der Waals surface area contributed by atoms with Crippen molar-refractivity contribution in [2.75, 3.05) is 6.54 Å². The van der Waals surface area contributed by atoms with Crippen LogP contribution in [0, 0.1) is 18.6 Å². The quantitative estimate of drug-likeness (QED) is 0.696. The van der Waals surface area contributed by atoms with Crippen molar-refractivity contribution in [3.05, 3.63) is 74.2 Å². The molecule has 172 valence electrons. The zero-order chi connectivity index (χ0) is 23.7. The zero-order valence-electron chi connectivity index (χ0n) is 18.2. The second-order valence-electron chi connectivity index (χ2n) is 9.10. The average molecular weight is 455 g/mol. The first-order chi connectivity index (χ1) is 15.6. The van der Waals surface area contributed by atoms with Gasteiger partial charge < -0.3 is 19.9 Å². The van der Waals surface area contributed by atoms with E-state index in [-0.39, 0.29) is 22.9 Å². The molecule has 1 aromatic carbocycles. The third-order valence-corrected chi connectivity index (χ3v) is 7.02. The summed E-state index contributed by atoms with van der Waals surface area (Å²) in [6.07, 6.45) is 5.45. The molecule has 2 bridgehead atoms. The molecule has 9 heteroatoms. The third kappa shape index (κ3) is 3.02. The summed E-state index contributed by atoms with van der Waals surface area (Å²) in [5.41, 5.74) is -1.45. The zero-order valence-corrected chi connectivity index (χ0v) is 18.2. The van der Waals surface area contributed by atoms with E-state index in [1.165, 1.54) is 0 Å². The highest BCUT2D eigenvalue weighted by Crippen LogP contribution is 2.45. The minimum Gasteiger partial charge on any atom is -0.503 e. The van der Waals surface area contributed by atoms with Crippen LogP contribution in [0.25, 0.3) is 0 Å². The predicted octanol–water partition coefficient (Wildman–Crippen LogP) is 2.52. The van der Waals surface area contributed by atoms with Crippen LogP contribution in [0.15, 0.2) is 29.1 Å². The number of carbonyl (C=O) groups is 2. The molecular weight excluding hydrogens is 432 g/mol. The van der Waals surface area contributed by atoms with Gasteiger partial charge in [-0.15, -0.1) is 0 Å². The molecule has 33 heavy (non-hydrogen) atoms. The van der Waals surface area contributed by atoms with Crippen LogP contribution in [0.4, 0.5) is 8.78 Å². The topological polar surface area (TPSA) is 91.6 Å². The lowest BCUT2D eigenvalue weighted by molar-refractivity contribution is 0.0524. The monoisotopic (exact) mass is 455 g/mol. The number of rotatable bonds is 3. The van der Waals surface area contributed by atoms with Crippen LogP contribution < -0.4 is 10.7 Å². The third-order valence-electron chi connectivity index (χ3n) is 7.02. The fourth-order valence-electron chi connectivity index (χ4n) is 5.37. The Hall–Kier alpha value is -3.49. The first kappa shape index (κ1) is 21.4. The van der Waals surface area contributed by atoms with Crippen molar-refractivity contribution < 1.29 is 23.5 Å². The largest absolute Gasteiger partial charge is 0.503 e. The van der Waals surface area contributed by atoms with E-state index >= 15 is 0 Å². The van der Waals surface area contributed by atoms with Crippen LogP contribution in [0.2, 0.25) is 0 Å².